The van der Waals surface area contributed by atoms with E-state index >= 15 is 0 Å². The van der Waals surface area contributed by atoms with Gasteiger partial charge in [0, 0.05) is 26.1 Å². The zero-order valence-corrected chi connectivity index (χ0v) is 17.1. The Bertz CT molecular complexity index is 1120. The standard InChI is InChI=1S/C21H24N4O3S/c1-24-19-10-6-5-9-18(19)23-20(24)15-22-21(26)16-11-13-25(14-12-16)29(27,28)17-7-3-2-4-8-17/h2-10,16H,11-15H2,1H3,(H,22,26). The van der Waals surface area contributed by atoms with Crippen molar-refractivity contribution in [3.05, 3.63) is 60.4 Å². The summed E-state index contributed by atoms with van der Waals surface area (Å²) in [5.41, 5.74) is 1.93. The van der Waals surface area contributed by atoms with Crippen molar-refractivity contribution in [1.82, 2.24) is 19.2 Å². The van der Waals surface area contributed by atoms with Crippen LogP contribution >= 0.6 is 0 Å². The van der Waals surface area contributed by atoms with Gasteiger partial charge in [-0.05, 0) is 37.1 Å². The Labute approximate surface area is 170 Å². The van der Waals surface area contributed by atoms with E-state index < -0.39 is 10.0 Å². The van der Waals surface area contributed by atoms with Crippen molar-refractivity contribution in [3.8, 4) is 0 Å². The lowest BCUT2D eigenvalue weighted by atomic mass is 9.97. The SMILES string of the molecule is Cn1c(CNC(=O)C2CCN(S(=O)(=O)c3ccccc3)CC2)nc2ccccc21. The van der Waals surface area contributed by atoms with Gasteiger partial charge in [-0.1, -0.05) is 30.3 Å². The summed E-state index contributed by atoms with van der Waals surface area (Å²) in [6, 6.07) is 16.3. The Hall–Kier alpha value is -2.71. The second-order valence-corrected chi connectivity index (χ2v) is 9.22. The highest BCUT2D eigenvalue weighted by molar-refractivity contribution is 7.89. The highest BCUT2D eigenvalue weighted by Crippen LogP contribution is 2.24. The zero-order chi connectivity index (χ0) is 20.4. The van der Waals surface area contributed by atoms with Gasteiger partial charge in [-0.25, -0.2) is 13.4 Å². The van der Waals surface area contributed by atoms with Crippen molar-refractivity contribution in [1.29, 1.82) is 0 Å². The number of carbonyl (C=O) groups is 1. The molecule has 1 aliphatic heterocycles. The molecule has 1 aromatic heterocycles. The molecule has 0 bridgehead atoms. The summed E-state index contributed by atoms with van der Waals surface area (Å²) in [7, 11) is -1.56. The average molecular weight is 413 g/mol. The molecule has 1 N–H and O–H groups in total. The molecule has 2 heterocycles. The quantitative estimate of drug-likeness (QED) is 0.697. The van der Waals surface area contributed by atoms with Gasteiger partial charge in [-0.3, -0.25) is 4.79 Å². The fourth-order valence-electron chi connectivity index (χ4n) is 3.76. The first-order chi connectivity index (χ1) is 14.0. The van der Waals surface area contributed by atoms with Crippen molar-refractivity contribution in [2.45, 2.75) is 24.3 Å². The third kappa shape index (κ3) is 3.90. The number of sulfonamides is 1. The first-order valence-electron chi connectivity index (χ1n) is 9.70. The molecular weight excluding hydrogens is 388 g/mol. The fraction of sp³-hybridized carbons (Fsp3) is 0.333. The van der Waals surface area contributed by atoms with E-state index in [0.717, 1.165) is 16.9 Å². The lowest BCUT2D eigenvalue weighted by Crippen LogP contribution is -2.43. The Balaban J connectivity index is 1.35. The normalized spacial score (nSPS) is 16.2. The van der Waals surface area contributed by atoms with Crippen LogP contribution in [0.3, 0.4) is 0 Å². The number of rotatable bonds is 5. The molecule has 1 saturated heterocycles. The van der Waals surface area contributed by atoms with Crippen molar-refractivity contribution in [2.75, 3.05) is 13.1 Å². The summed E-state index contributed by atoms with van der Waals surface area (Å²) >= 11 is 0. The van der Waals surface area contributed by atoms with E-state index in [9.17, 15) is 13.2 Å². The number of benzene rings is 2. The largest absolute Gasteiger partial charge is 0.349 e. The Morgan fingerprint density at radius 1 is 1.07 bits per heavy atom. The van der Waals surface area contributed by atoms with E-state index in [2.05, 4.69) is 10.3 Å². The Morgan fingerprint density at radius 3 is 2.41 bits per heavy atom. The van der Waals surface area contributed by atoms with Gasteiger partial charge in [0.15, 0.2) is 0 Å². The van der Waals surface area contributed by atoms with Crippen molar-refractivity contribution < 1.29 is 13.2 Å². The third-order valence-electron chi connectivity index (χ3n) is 5.51. The summed E-state index contributed by atoms with van der Waals surface area (Å²) in [5.74, 6) is 0.560. The molecule has 3 aromatic rings. The topological polar surface area (TPSA) is 84.3 Å². The van der Waals surface area contributed by atoms with Crippen LogP contribution in [0.1, 0.15) is 18.7 Å². The van der Waals surface area contributed by atoms with E-state index in [-0.39, 0.29) is 11.8 Å². The number of nitrogens with one attached hydrogen (secondary N) is 1. The summed E-state index contributed by atoms with van der Waals surface area (Å²) in [4.78, 5) is 17.5. The van der Waals surface area contributed by atoms with Gasteiger partial charge in [-0.2, -0.15) is 4.31 Å². The van der Waals surface area contributed by atoms with Crippen LogP contribution < -0.4 is 5.32 Å². The molecular formula is C21H24N4O3S. The summed E-state index contributed by atoms with van der Waals surface area (Å²) in [6.07, 6.45) is 1.03. The van der Waals surface area contributed by atoms with Gasteiger partial charge in [0.05, 0.1) is 22.5 Å². The molecule has 0 atom stereocenters. The third-order valence-corrected chi connectivity index (χ3v) is 7.42. The molecule has 4 rings (SSSR count). The highest BCUT2D eigenvalue weighted by atomic mass is 32.2. The van der Waals surface area contributed by atoms with Crippen LogP contribution in [-0.2, 0) is 28.4 Å². The molecule has 7 nitrogen and oxygen atoms in total. The number of carbonyl (C=O) groups excluding carboxylic acids is 1. The molecule has 0 radical (unpaired) electrons. The number of para-hydroxylation sites is 2. The van der Waals surface area contributed by atoms with Gasteiger partial charge >= 0.3 is 0 Å². The van der Waals surface area contributed by atoms with Crippen LogP contribution in [0.5, 0.6) is 0 Å². The van der Waals surface area contributed by atoms with Crippen molar-refractivity contribution in [3.63, 3.8) is 0 Å². The number of aryl methyl sites for hydroxylation is 1. The minimum Gasteiger partial charge on any atom is -0.349 e. The van der Waals surface area contributed by atoms with E-state index in [1.54, 1.807) is 30.3 Å². The van der Waals surface area contributed by atoms with Gasteiger partial charge < -0.3 is 9.88 Å². The zero-order valence-electron chi connectivity index (χ0n) is 16.3. The predicted molar refractivity (Wildman–Crippen MR) is 110 cm³/mol. The minimum absolute atomic E-state index is 0.0474. The maximum atomic E-state index is 12.7. The smallest absolute Gasteiger partial charge is 0.243 e. The van der Waals surface area contributed by atoms with E-state index in [4.69, 9.17) is 0 Å². The highest BCUT2D eigenvalue weighted by Gasteiger charge is 2.32. The molecule has 152 valence electrons. The monoisotopic (exact) mass is 412 g/mol. The molecule has 0 aliphatic carbocycles. The summed E-state index contributed by atoms with van der Waals surface area (Å²) in [6.45, 7) is 1.05. The van der Waals surface area contributed by atoms with Crippen LogP contribution in [0.25, 0.3) is 11.0 Å². The first-order valence-corrected chi connectivity index (χ1v) is 11.1. The van der Waals surface area contributed by atoms with Gasteiger partial charge in [0.2, 0.25) is 15.9 Å². The van der Waals surface area contributed by atoms with E-state index in [1.807, 2.05) is 35.9 Å². The number of hydrogen-bond donors (Lipinski definition) is 1. The lowest BCUT2D eigenvalue weighted by molar-refractivity contribution is -0.126. The van der Waals surface area contributed by atoms with Gasteiger partial charge in [0.1, 0.15) is 5.82 Å². The van der Waals surface area contributed by atoms with Crippen molar-refractivity contribution >= 4 is 27.0 Å². The maximum Gasteiger partial charge on any atom is 0.243 e. The Morgan fingerprint density at radius 2 is 1.72 bits per heavy atom. The molecule has 1 amide bonds. The molecule has 1 fully saturated rings. The van der Waals surface area contributed by atoms with Crippen LogP contribution in [0.15, 0.2) is 59.5 Å². The minimum atomic E-state index is -3.50. The van der Waals surface area contributed by atoms with Crippen LogP contribution in [0.4, 0.5) is 0 Å². The number of nitrogens with zero attached hydrogens (tertiary/aromatic N) is 3. The van der Waals surface area contributed by atoms with Crippen LogP contribution in [0, 0.1) is 5.92 Å². The predicted octanol–water partition coefficient (Wildman–Crippen LogP) is 2.29. The number of imidazole rings is 1. The fourth-order valence-corrected chi connectivity index (χ4v) is 5.25. The number of piperidine rings is 1. The van der Waals surface area contributed by atoms with Gasteiger partial charge in [-0.15, -0.1) is 0 Å². The van der Waals surface area contributed by atoms with Crippen LogP contribution in [0.2, 0.25) is 0 Å². The molecule has 0 spiro atoms. The molecule has 0 saturated carbocycles. The second kappa shape index (κ2) is 7.96. The number of fused-ring (bicyclic) bond motifs is 1. The molecule has 2 aromatic carbocycles. The van der Waals surface area contributed by atoms with Gasteiger partial charge in [0.25, 0.3) is 0 Å². The second-order valence-electron chi connectivity index (χ2n) is 7.28. The molecule has 1 aliphatic rings. The lowest BCUT2D eigenvalue weighted by Gasteiger charge is -2.30. The average Bonchev–Trinajstić information content (AvgIpc) is 3.08. The Kier molecular flexibility index (Phi) is 5.38. The molecule has 29 heavy (non-hydrogen) atoms. The van der Waals surface area contributed by atoms with Crippen molar-refractivity contribution in [2.24, 2.45) is 13.0 Å². The van der Waals surface area contributed by atoms with E-state index in [1.165, 1.54) is 4.31 Å². The maximum absolute atomic E-state index is 12.7. The first kappa shape index (κ1) is 19.6. The molecule has 8 heteroatoms. The number of hydrogen-bond acceptors (Lipinski definition) is 4. The van der Waals surface area contributed by atoms with Crippen LogP contribution in [-0.4, -0.2) is 41.3 Å². The summed E-state index contributed by atoms with van der Waals surface area (Å²) < 4.78 is 28.9. The number of aromatic nitrogens is 2. The number of amides is 1. The molecule has 0 unspecified atom stereocenters. The summed E-state index contributed by atoms with van der Waals surface area (Å²) in [5, 5.41) is 2.97. The van der Waals surface area contributed by atoms with E-state index in [0.29, 0.717) is 37.4 Å².